The second-order valence-corrected chi connectivity index (χ2v) is 3.84. The first-order valence-corrected chi connectivity index (χ1v) is 5.41. The predicted octanol–water partition coefficient (Wildman–Crippen LogP) is 1.18. The molecule has 2 rings (SSSR count). The Balaban J connectivity index is 2.26. The fourth-order valence-corrected chi connectivity index (χ4v) is 1.57. The molecule has 19 heavy (non-hydrogen) atoms. The summed E-state index contributed by atoms with van der Waals surface area (Å²) in [6.07, 6.45) is 1.56. The molecule has 0 aliphatic rings. The average molecular weight is 264 g/mol. The Morgan fingerprint density at radius 1 is 1.47 bits per heavy atom. The minimum absolute atomic E-state index is 0.0332. The Labute approximate surface area is 108 Å². The van der Waals surface area contributed by atoms with Gasteiger partial charge in [-0.3, -0.25) is 10.1 Å². The van der Waals surface area contributed by atoms with E-state index in [0.717, 1.165) is 0 Å². The van der Waals surface area contributed by atoms with Gasteiger partial charge in [0.05, 0.1) is 17.7 Å². The molecule has 100 valence electrons. The van der Waals surface area contributed by atoms with Gasteiger partial charge in [0.2, 0.25) is 17.7 Å². The highest BCUT2D eigenvalue weighted by Crippen LogP contribution is 2.26. The zero-order valence-corrected chi connectivity index (χ0v) is 10.4. The monoisotopic (exact) mass is 264 g/mol. The fraction of sp³-hybridized carbons (Fsp3) is 0.300. The number of rotatable bonds is 4. The molecule has 0 radical (unpaired) electrons. The molecule has 0 spiro atoms. The van der Waals surface area contributed by atoms with Gasteiger partial charge >= 0.3 is 5.69 Å². The van der Waals surface area contributed by atoms with Crippen LogP contribution < -0.4 is 11.1 Å². The molecule has 2 heterocycles. The van der Waals surface area contributed by atoms with Gasteiger partial charge in [-0.15, -0.1) is 0 Å². The molecule has 0 aliphatic heterocycles. The summed E-state index contributed by atoms with van der Waals surface area (Å²) in [6, 6.07) is 0. The molecule has 9 heteroatoms. The van der Waals surface area contributed by atoms with Crippen LogP contribution in [0.2, 0.25) is 0 Å². The molecule has 3 N–H and O–H groups in total. The summed E-state index contributed by atoms with van der Waals surface area (Å²) in [6.45, 7) is 3.42. The van der Waals surface area contributed by atoms with E-state index in [-0.39, 0.29) is 29.7 Å². The lowest BCUT2D eigenvalue weighted by Crippen LogP contribution is -2.09. The van der Waals surface area contributed by atoms with Crippen LogP contribution in [0, 0.1) is 24.0 Å². The zero-order chi connectivity index (χ0) is 14.0. The maximum Gasteiger partial charge on any atom is 0.332 e. The predicted molar refractivity (Wildman–Crippen MR) is 66.4 cm³/mol. The Morgan fingerprint density at radius 3 is 2.79 bits per heavy atom. The van der Waals surface area contributed by atoms with E-state index in [2.05, 4.69) is 20.3 Å². The third-order valence-corrected chi connectivity index (χ3v) is 2.33. The van der Waals surface area contributed by atoms with Gasteiger partial charge in [-0.1, -0.05) is 0 Å². The van der Waals surface area contributed by atoms with Crippen LogP contribution in [0.3, 0.4) is 0 Å². The third-order valence-electron chi connectivity index (χ3n) is 2.33. The highest BCUT2D eigenvalue weighted by molar-refractivity contribution is 5.60. The van der Waals surface area contributed by atoms with Crippen molar-refractivity contribution in [1.29, 1.82) is 0 Å². The standard InChI is InChI=1S/C10H12N6O3/c1-5-3-12-7(19-5)4-13-9-8(16(17)18)6(2)14-10(11)15-9/h3H,4H2,1-2H3,(H3,11,13,14,15). The van der Waals surface area contributed by atoms with E-state index in [9.17, 15) is 10.1 Å². The van der Waals surface area contributed by atoms with Gasteiger partial charge in [-0.2, -0.15) is 4.98 Å². The molecule has 0 aromatic carbocycles. The van der Waals surface area contributed by atoms with Crippen molar-refractivity contribution >= 4 is 17.5 Å². The molecular formula is C10H12N6O3. The van der Waals surface area contributed by atoms with E-state index in [4.69, 9.17) is 10.2 Å². The van der Waals surface area contributed by atoms with E-state index in [1.165, 1.54) is 6.92 Å². The van der Waals surface area contributed by atoms with Crippen molar-refractivity contribution in [3.8, 4) is 0 Å². The van der Waals surface area contributed by atoms with Gasteiger partial charge in [-0.25, -0.2) is 9.97 Å². The van der Waals surface area contributed by atoms with Crippen molar-refractivity contribution < 1.29 is 9.34 Å². The molecule has 9 nitrogen and oxygen atoms in total. The summed E-state index contributed by atoms with van der Waals surface area (Å²) in [4.78, 5) is 22.0. The summed E-state index contributed by atoms with van der Waals surface area (Å²) in [7, 11) is 0. The van der Waals surface area contributed by atoms with E-state index in [0.29, 0.717) is 11.7 Å². The number of nitrogens with one attached hydrogen (secondary N) is 1. The van der Waals surface area contributed by atoms with Crippen LogP contribution in [0.25, 0.3) is 0 Å². The van der Waals surface area contributed by atoms with Crippen LogP contribution in [0.1, 0.15) is 17.3 Å². The molecule has 0 unspecified atom stereocenters. The van der Waals surface area contributed by atoms with Gasteiger partial charge in [0.1, 0.15) is 11.5 Å². The molecule has 2 aromatic heterocycles. The van der Waals surface area contributed by atoms with Crippen molar-refractivity contribution in [3.05, 3.63) is 33.7 Å². The largest absolute Gasteiger partial charge is 0.444 e. The van der Waals surface area contributed by atoms with Crippen LogP contribution in [-0.4, -0.2) is 19.9 Å². The Bertz CT molecular complexity index is 624. The van der Waals surface area contributed by atoms with Crippen LogP contribution in [0.4, 0.5) is 17.5 Å². The van der Waals surface area contributed by atoms with Crippen LogP contribution >= 0.6 is 0 Å². The van der Waals surface area contributed by atoms with Gasteiger partial charge in [-0.05, 0) is 13.8 Å². The molecule has 0 atom stereocenters. The first kappa shape index (κ1) is 12.7. The number of nitro groups is 1. The molecular weight excluding hydrogens is 252 g/mol. The number of hydrogen-bond donors (Lipinski definition) is 2. The fourth-order valence-electron chi connectivity index (χ4n) is 1.57. The Hall–Kier alpha value is -2.71. The summed E-state index contributed by atoms with van der Waals surface area (Å²) in [5.74, 6) is 1.08. The van der Waals surface area contributed by atoms with Crippen LogP contribution in [-0.2, 0) is 6.54 Å². The first-order chi connectivity index (χ1) is 8.97. The number of hydrogen-bond acceptors (Lipinski definition) is 8. The average Bonchev–Trinajstić information content (AvgIpc) is 2.71. The highest BCUT2D eigenvalue weighted by atomic mass is 16.6. The molecule has 0 bridgehead atoms. The van der Waals surface area contributed by atoms with E-state index in [1.807, 2.05) is 0 Å². The molecule has 0 saturated carbocycles. The van der Waals surface area contributed by atoms with Crippen molar-refractivity contribution in [1.82, 2.24) is 15.0 Å². The number of oxazole rings is 1. The van der Waals surface area contributed by atoms with Gasteiger partial charge < -0.3 is 15.5 Å². The number of nitrogens with zero attached hydrogens (tertiary/aromatic N) is 4. The molecule has 2 aromatic rings. The quantitative estimate of drug-likeness (QED) is 0.621. The maximum absolute atomic E-state index is 11.0. The normalized spacial score (nSPS) is 10.4. The number of nitrogens with two attached hydrogens (primary N) is 1. The number of nitrogen functional groups attached to an aromatic ring is 1. The number of aromatic nitrogens is 3. The molecule has 0 fully saturated rings. The van der Waals surface area contributed by atoms with E-state index < -0.39 is 4.92 Å². The second-order valence-electron chi connectivity index (χ2n) is 3.84. The van der Waals surface area contributed by atoms with E-state index >= 15 is 0 Å². The highest BCUT2D eigenvalue weighted by Gasteiger charge is 2.21. The zero-order valence-electron chi connectivity index (χ0n) is 10.4. The van der Waals surface area contributed by atoms with Crippen molar-refractivity contribution in [3.63, 3.8) is 0 Å². The van der Waals surface area contributed by atoms with E-state index in [1.54, 1.807) is 13.1 Å². The second kappa shape index (κ2) is 4.88. The molecule has 0 saturated heterocycles. The lowest BCUT2D eigenvalue weighted by atomic mass is 10.3. The number of aryl methyl sites for hydroxylation is 2. The van der Waals surface area contributed by atoms with Gasteiger partial charge in [0, 0.05) is 0 Å². The van der Waals surface area contributed by atoms with Crippen LogP contribution in [0.5, 0.6) is 0 Å². The first-order valence-electron chi connectivity index (χ1n) is 5.41. The Kier molecular flexibility index (Phi) is 3.27. The number of anilines is 2. The summed E-state index contributed by atoms with van der Waals surface area (Å²) >= 11 is 0. The Morgan fingerprint density at radius 2 is 2.21 bits per heavy atom. The minimum Gasteiger partial charge on any atom is -0.444 e. The topological polar surface area (TPSA) is 133 Å². The lowest BCUT2D eigenvalue weighted by Gasteiger charge is -2.06. The van der Waals surface area contributed by atoms with Crippen LogP contribution in [0.15, 0.2) is 10.6 Å². The smallest absolute Gasteiger partial charge is 0.332 e. The SMILES string of the molecule is Cc1cnc(CNc2nc(N)nc(C)c2[N+](=O)[O-])o1. The summed E-state index contributed by atoms with van der Waals surface area (Å²) in [5, 5.41) is 13.8. The van der Waals surface area contributed by atoms with Gasteiger partial charge in [0.25, 0.3) is 0 Å². The summed E-state index contributed by atoms with van der Waals surface area (Å²) < 4.78 is 5.25. The molecule has 0 aliphatic carbocycles. The third kappa shape index (κ3) is 2.76. The van der Waals surface area contributed by atoms with Crippen molar-refractivity contribution in [2.75, 3.05) is 11.1 Å². The van der Waals surface area contributed by atoms with Crippen molar-refractivity contribution in [2.45, 2.75) is 20.4 Å². The summed E-state index contributed by atoms with van der Waals surface area (Å²) in [5.41, 5.74) is 5.46. The van der Waals surface area contributed by atoms with Crippen molar-refractivity contribution in [2.24, 2.45) is 0 Å². The van der Waals surface area contributed by atoms with Gasteiger partial charge in [0.15, 0.2) is 0 Å². The minimum atomic E-state index is -0.558. The maximum atomic E-state index is 11.0. The molecule has 0 amide bonds. The lowest BCUT2D eigenvalue weighted by molar-refractivity contribution is -0.385.